The highest BCUT2D eigenvalue weighted by molar-refractivity contribution is 5.91. The fourth-order valence-corrected chi connectivity index (χ4v) is 4.42. The molecule has 0 spiro atoms. The molecule has 1 aliphatic rings. The van der Waals surface area contributed by atoms with Crippen molar-refractivity contribution < 1.29 is 14.3 Å². The van der Waals surface area contributed by atoms with Gasteiger partial charge >= 0.3 is 0 Å². The summed E-state index contributed by atoms with van der Waals surface area (Å²) in [6, 6.07) is 19.7. The van der Waals surface area contributed by atoms with Crippen LogP contribution >= 0.6 is 0 Å². The predicted molar refractivity (Wildman–Crippen MR) is 129 cm³/mol. The van der Waals surface area contributed by atoms with Gasteiger partial charge in [0.2, 0.25) is 5.91 Å². The lowest BCUT2D eigenvalue weighted by Gasteiger charge is -2.37. The Hall–Kier alpha value is -3.41. The Kier molecular flexibility index (Phi) is 6.92. The molecule has 1 fully saturated rings. The van der Waals surface area contributed by atoms with E-state index in [-0.39, 0.29) is 18.4 Å². The highest BCUT2D eigenvalue weighted by Crippen LogP contribution is 2.25. The van der Waals surface area contributed by atoms with Gasteiger partial charge in [-0.2, -0.15) is 0 Å². The van der Waals surface area contributed by atoms with Crippen LogP contribution in [0.15, 0.2) is 66.9 Å². The topological polar surface area (TPSA) is 71.5 Å². The lowest BCUT2D eigenvalue weighted by Crippen LogP contribution is -2.58. The van der Waals surface area contributed by atoms with Crippen LogP contribution in [0.2, 0.25) is 0 Å². The summed E-state index contributed by atoms with van der Waals surface area (Å²) in [5.41, 5.74) is 1.35. The molecule has 6 heteroatoms. The van der Waals surface area contributed by atoms with Gasteiger partial charge in [0, 0.05) is 24.7 Å². The first-order valence-corrected chi connectivity index (χ1v) is 11.5. The number of hydrogen-bond donors (Lipinski definition) is 1. The number of carbonyl (C=O) groups is 2. The summed E-state index contributed by atoms with van der Waals surface area (Å²) in [6.45, 7) is 4.80. The van der Waals surface area contributed by atoms with Crippen LogP contribution < -0.4 is 10.1 Å². The number of likely N-dealkylation sites (tertiary alicyclic amines) is 1. The lowest BCUT2D eigenvalue weighted by molar-refractivity contribution is -0.142. The number of piperidine rings is 1. The summed E-state index contributed by atoms with van der Waals surface area (Å²) >= 11 is 0. The first-order chi connectivity index (χ1) is 15.9. The van der Waals surface area contributed by atoms with E-state index in [1.807, 2.05) is 35.4 Å². The van der Waals surface area contributed by atoms with Crippen LogP contribution in [0.4, 0.5) is 0 Å². The van der Waals surface area contributed by atoms with E-state index in [0.29, 0.717) is 24.8 Å². The third-order valence-electron chi connectivity index (χ3n) is 6.19. The largest absolute Gasteiger partial charge is 0.484 e. The Morgan fingerprint density at radius 3 is 2.58 bits per heavy atom. The second-order valence-electron chi connectivity index (χ2n) is 9.25. The summed E-state index contributed by atoms with van der Waals surface area (Å²) in [5, 5.41) is 3.99. The molecule has 6 nitrogen and oxygen atoms in total. The Morgan fingerprint density at radius 1 is 1.06 bits per heavy atom. The van der Waals surface area contributed by atoms with Gasteiger partial charge in [-0.15, -0.1) is 0 Å². The summed E-state index contributed by atoms with van der Waals surface area (Å²) in [5.74, 6) is 0.811. The van der Waals surface area contributed by atoms with Crippen molar-refractivity contribution in [2.45, 2.75) is 38.6 Å². The van der Waals surface area contributed by atoms with Gasteiger partial charge in [0.05, 0.1) is 5.52 Å². The van der Waals surface area contributed by atoms with Crippen molar-refractivity contribution in [3.8, 4) is 5.75 Å². The van der Waals surface area contributed by atoms with Gasteiger partial charge in [-0.05, 0) is 74.9 Å². The maximum atomic E-state index is 13.1. The van der Waals surface area contributed by atoms with Gasteiger partial charge in [-0.1, -0.05) is 30.3 Å². The zero-order chi connectivity index (χ0) is 23.3. The smallest absolute Gasteiger partial charge is 0.258 e. The second-order valence-corrected chi connectivity index (χ2v) is 9.25. The van der Waals surface area contributed by atoms with Gasteiger partial charge in [-0.3, -0.25) is 14.6 Å². The molecule has 0 atom stereocenters. The van der Waals surface area contributed by atoms with Crippen LogP contribution in [0.3, 0.4) is 0 Å². The van der Waals surface area contributed by atoms with Crippen molar-refractivity contribution in [2.24, 2.45) is 5.92 Å². The molecule has 0 aliphatic carbocycles. The minimum atomic E-state index is -0.977. The van der Waals surface area contributed by atoms with E-state index in [1.54, 1.807) is 26.0 Å². The molecule has 0 radical (unpaired) electrons. The van der Waals surface area contributed by atoms with Gasteiger partial charge in [0.15, 0.2) is 6.61 Å². The molecule has 0 unspecified atom stereocenters. The Bertz CT molecular complexity index is 1110. The summed E-state index contributed by atoms with van der Waals surface area (Å²) in [4.78, 5) is 31.7. The number of benzene rings is 2. The number of amides is 2. The zero-order valence-electron chi connectivity index (χ0n) is 19.3. The molecule has 1 aliphatic heterocycles. The summed E-state index contributed by atoms with van der Waals surface area (Å²) < 4.78 is 5.50. The molecule has 1 saturated heterocycles. The fraction of sp³-hybridized carbons (Fsp3) is 0.370. The molecular weight excluding hydrogens is 414 g/mol. The number of rotatable bonds is 7. The number of carbonyl (C=O) groups excluding carboxylic acids is 2. The van der Waals surface area contributed by atoms with Crippen LogP contribution in [0, 0.1) is 5.92 Å². The highest BCUT2D eigenvalue weighted by atomic mass is 16.5. The SMILES string of the molecule is CC(C)(NC(=O)COc1ccccc1)C(=O)N1CCC(Cc2ccc3ncccc3c2)CC1. The van der Waals surface area contributed by atoms with Crippen LogP contribution in [0.1, 0.15) is 32.3 Å². The van der Waals surface area contributed by atoms with Crippen LogP contribution in [0.5, 0.6) is 5.75 Å². The van der Waals surface area contributed by atoms with Crippen molar-refractivity contribution in [3.63, 3.8) is 0 Å². The van der Waals surface area contributed by atoms with Crippen LogP contribution in [-0.2, 0) is 16.0 Å². The standard InChI is InChI=1S/C27H31N3O3/c1-27(2,29-25(31)19-33-23-8-4-3-5-9-23)26(32)30-15-12-20(13-16-30)17-21-10-11-24-22(18-21)7-6-14-28-24/h3-11,14,18,20H,12-13,15-17,19H2,1-2H3,(H,29,31). The van der Waals surface area contributed by atoms with E-state index >= 15 is 0 Å². The molecule has 1 N–H and O–H groups in total. The zero-order valence-corrected chi connectivity index (χ0v) is 19.3. The van der Waals surface area contributed by atoms with E-state index in [2.05, 4.69) is 34.6 Å². The van der Waals surface area contributed by atoms with E-state index < -0.39 is 5.54 Å². The Balaban J connectivity index is 1.26. The molecule has 2 aromatic carbocycles. The van der Waals surface area contributed by atoms with Crippen molar-refractivity contribution >= 4 is 22.7 Å². The molecular formula is C27H31N3O3. The Labute approximate surface area is 195 Å². The minimum absolute atomic E-state index is 0.0502. The minimum Gasteiger partial charge on any atom is -0.484 e. The third-order valence-corrected chi connectivity index (χ3v) is 6.19. The quantitative estimate of drug-likeness (QED) is 0.597. The van der Waals surface area contributed by atoms with E-state index in [1.165, 1.54) is 5.56 Å². The van der Waals surface area contributed by atoms with Gasteiger partial charge < -0.3 is 15.0 Å². The first kappa shape index (κ1) is 22.8. The maximum absolute atomic E-state index is 13.1. The average Bonchev–Trinajstić information content (AvgIpc) is 2.83. The number of fused-ring (bicyclic) bond motifs is 1. The molecule has 4 rings (SSSR count). The number of aromatic nitrogens is 1. The molecule has 1 aromatic heterocycles. The normalized spacial score (nSPS) is 14.8. The molecule has 0 bridgehead atoms. The van der Waals surface area contributed by atoms with Crippen molar-refractivity contribution in [3.05, 3.63) is 72.4 Å². The number of nitrogens with zero attached hydrogens (tertiary/aromatic N) is 2. The number of pyridine rings is 1. The Morgan fingerprint density at radius 2 is 1.82 bits per heavy atom. The lowest BCUT2D eigenvalue weighted by atomic mass is 9.89. The van der Waals surface area contributed by atoms with Crippen LogP contribution in [0.25, 0.3) is 10.9 Å². The van der Waals surface area contributed by atoms with Crippen LogP contribution in [-0.4, -0.2) is 46.9 Å². The average molecular weight is 446 g/mol. The number of ether oxygens (including phenoxy) is 1. The van der Waals surface area contributed by atoms with Gasteiger partial charge in [0.1, 0.15) is 11.3 Å². The third kappa shape index (κ3) is 5.89. The van der Waals surface area contributed by atoms with Crippen molar-refractivity contribution in [2.75, 3.05) is 19.7 Å². The predicted octanol–water partition coefficient (Wildman–Crippen LogP) is 3.99. The van der Waals surface area contributed by atoms with E-state index in [9.17, 15) is 9.59 Å². The number of nitrogens with one attached hydrogen (secondary N) is 1. The second kappa shape index (κ2) is 10.0. The number of para-hydroxylation sites is 1. The maximum Gasteiger partial charge on any atom is 0.258 e. The van der Waals surface area contributed by atoms with Crippen molar-refractivity contribution in [1.82, 2.24) is 15.2 Å². The molecule has 0 saturated carbocycles. The molecule has 2 heterocycles. The van der Waals surface area contributed by atoms with Gasteiger partial charge in [0.25, 0.3) is 5.91 Å². The molecule has 3 aromatic rings. The molecule has 2 amide bonds. The van der Waals surface area contributed by atoms with E-state index in [4.69, 9.17) is 4.74 Å². The van der Waals surface area contributed by atoms with Crippen molar-refractivity contribution in [1.29, 1.82) is 0 Å². The number of hydrogen-bond acceptors (Lipinski definition) is 4. The van der Waals surface area contributed by atoms with Gasteiger partial charge in [-0.25, -0.2) is 0 Å². The summed E-state index contributed by atoms with van der Waals surface area (Å²) in [6.07, 6.45) is 4.73. The first-order valence-electron chi connectivity index (χ1n) is 11.5. The summed E-state index contributed by atoms with van der Waals surface area (Å²) in [7, 11) is 0. The monoisotopic (exact) mass is 445 g/mol. The highest BCUT2D eigenvalue weighted by Gasteiger charge is 2.35. The molecule has 172 valence electrons. The molecule has 33 heavy (non-hydrogen) atoms. The van der Waals surface area contributed by atoms with E-state index in [0.717, 1.165) is 30.2 Å². The fourth-order valence-electron chi connectivity index (χ4n) is 4.42.